The van der Waals surface area contributed by atoms with Crippen LogP contribution in [0.3, 0.4) is 0 Å². The number of ether oxygens (including phenoxy) is 1. The first kappa shape index (κ1) is 13.6. The van der Waals surface area contributed by atoms with E-state index in [1.165, 1.54) is 0 Å². The van der Waals surface area contributed by atoms with E-state index >= 15 is 0 Å². The van der Waals surface area contributed by atoms with Gasteiger partial charge in [-0.05, 0) is 37.7 Å². The van der Waals surface area contributed by atoms with Crippen LogP contribution < -0.4 is 4.74 Å². The fourth-order valence-corrected chi connectivity index (χ4v) is 2.11. The van der Waals surface area contributed by atoms with Crippen LogP contribution in [0.1, 0.15) is 12.5 Å². The van der Waals surface area contributed by atoms with Gasteiger partial charge in [-0.1, -0.05) is 30.1 Å². The largest absolute Gasteiger partial charge is 0.495 e. The smallest absolute Gasteiger partial charge is 0.140 e. The van der Waals surface area contributed by atoms with Crippen LogP contribution in [0.15, 0.2) is 12.1 Å². The Morgan fingerprint density at radius 3 is 2.56 bits per heavy atom. The molecule has 0 unspecified atom stereocenters. The monoisotopic (exact) mass is 261 g/mol. The van der Waals surface area contributed by atoms with Crippen molar-refractivity contribution in [1.29, 1.82) is 0 Å². The van der Waals surface area contributed by atoms with Gasteiger partial charge in [-0.3, -0.25) is 0 Å². The first-order valence-corrected chi connectivity index (χ1v) is 6.04. The number of nitrogens with zero attached hydrogens (tertiary/aromatic N) is 1. The summed E-state index contributed by atoms with van der Waals surface area (Å²) in [6, 6.07) is 3.62. The maximum Gasteiger partial charge on any atom is 0.140 e. The van der Waals surface area contributed by atoms with E-state index < -0.39 is 0 Å². The fourth-order valence-electron chi connectivity index (χ4n) is 1.50. The van der Waals surface area contributed by atoms with Crippen molar-refractivity contribution in [2.24, 2.45) is 0 Å². The van der Waals surface area contributed by atoms with E-state index in [0.717, 1.165) is 30.8 Å². The summed E-state index contributed by atoms with van der Waals surface area (Å²) in [6.45, 7) is 4.11. The van der Waals surface area contributed by atoms with Gasteiger partial charge in [-0.2, -0.15) is 0 Å². The van der Waals surface area contributed by atoms with Gasteiger partial charge < -0.3 is 9.64 Å². The summed E-state index contributed by atoms with van der Waals surface area (Å²) < 4.78 is 5.29. The number of likely N-dealkylation sites (N-methyl/N-ethyl adjacent to an activating group) is 1. The quantitative estimate of drug-likeness (QED) is 0.805. The average molecular weight is 262 g/mol. The molecule has 0 saturated carbocycles. The van der Waals surface area contributed by atoms with Gasteiger partial charge in [0.05, 0.1) is 12.1 Å². The van der Waals surface area contributed by atoms with Gasteiger partial charge in [0.2, 0.25) is 0 Å². The highest BCUT2D eigenvalue weighted by Gasteiger charge is 2.10. The van der Waals surface area contributed by atoms with Crippen LogP contribution in [-0.4, -0.2) is 32.1 Å². The fraction of sp³-hybridized carbons (Fsp3) is 0.500. The predicted molar refractivity (Wildman–Crippen MR) is 69.9 cm³/mol. The summed E-state index contributed by atoms with van der Waals surface area (Å²) in [7, 11) is 3.71. The number of benzene rings is 1. The van der Waals surface area contributed by atoms with Crippen LogP contribution in [0.25, 0.3) is 0 Å². The number of rotatable bonds is 5. The van der Waals surface area contributed by atoms with Gasteiger partial charge >= 0.3 is 0 Å². The summed E-state index contributed by atoms with van der Waals surface area (Å²) >= 11 is 12.0. The molecule has 0 amide bonds. The Morgan fingerprint density at radius 2 is 2.00 bits per heavy atom. The second kappa shape index (κ2) is 6.33. The van der Waals surface area contributed by atoms with Crippen molar-refractivity contribution in [3.8, 4) is 5.75 Å². The minimum absolute atomic E-state index is 0.573. The van der Waals surface area contributed by atoms with E-state index in [1.54, 1.807) is 13.2 Å². The lowest BCUT2D eigenvalue weighted by Gasteiger charge is -2.16. The topological polar surface area (TPSA) is 12.5 Å². The molecule has 0 aliphatic rings. The number of hydrogen-bond acceptors (Lipinski definition) is 2. The van der Waals surface area contributed by atoms with Gasteiger partial charge in [0.25, 0.3) is 0 Å². The summed E-state index contributed by atoms with van der Waals surface area (Å²) in [6.07, 6.45) is 0.883. The van der Waals surface area contributed by atoms with Crippen molar-refractivity contribution in [2.75, 3.05) is 27.2 Å². The van der Waals surface area contributed by atoms with Crippen LogP contribution in [0.2, 0.25) is 10.0 Å². The van der Waals surface area contributed by atoms with Gasteiger partial charge in [0, 0.05) is 11.6 Å². The summed E-state index contributed by atoms with van der Waals surface area (Å²) in [5, 5.41) is 1.23. The Morgan fingerprint density at radius 1 is 1.31 bits per heavy atom. The molecule has 0 atom stereocenters. The van der Waals surface area contributed by atoms with E-state index in [2.05, 4.69) is 18.9 Å². The molecule has 0 aliphatic heterocycles. The normalized spacial score (nSPS) is 10.9. The Labute approximate surface area is 107 Å². The number of halogens is 2. The van der Waals surface area contributed by atoms with Crippen LogP contribution in [0.4, 0.5) is 0 Å². The second-order valence-electron chi connectivity index (χ2n) is 3.73. The zero-order chi connectivity index (χ0) is 12.1. The lowest BCUT2D eigenvalue weighted by molar-refractivity contribution is 0.352. The van der Waals surface area contributed by atoms with Gasteiger partial charge in [-0.15, -0.1) is 0 Å². The highest BCUT2D eigenvalue weighted by molar-refractivity contribution is 6.35. The zero-order valence-electron chi connectivity index (χ0n) is 9.89. The standard InChI is InChI=1S/C12H17Cl2NO/c1-4-15(2)6-5-9-7-10(13)8-11(14)12(9)16-3/h7-8H,4-6H2,1-3H3. The van der Waals surface area contributed by atoms with E-state index in [9.17, 15) is 0 Å². The number of hydrogen-bond donors (Lipinski definition) is 0. The van der Waals surface area contributed by atoms with Crippen molar-refractivity contribution in [3.05, 3.63) is 27.7 Å². The Hall–Kier alpha value is -0.440. The molecule has 1 aromatic carbocycles. The molecule has 90 valence electrons. The van der Waals surface area contributed by atoms with E-state index in [0.29, 0.717) is 10.0 Å². The van der Waals surface area contributed by atoms with Crippen LogP contribution in [0, 0.1) is 0 Å². The molecule has 0 radical (unpaired) electrons. The molecule has 0 heterocycles. The van der Waals surface area contributed by atoms with Crippen molar-refractivity contribution in [1.82, 2.24) is 4.90 Å². The summed E-state index contributed by atoms with van der Waals surface area (Å²) in [5.74, 6) is 0.732. The summed E-state index contributed by atoms with van der Waals surface area (Å²) in [4.78, 5) is 2.23. The Kier molecular flexibility index (Phi) is 5.39. The molecular weight excluding hydrogens is 245 g/mol. The third kappa shape index (κ3) is 3.55. The average Bonchev–Trinajstić information content (AvgIpc) is 2.25. The molecule has 0 spiro atoms. The van der Waals surface area contributed by atoms with Crippen molar-refractivity contribution < 1.29 is 4.74 Å². The highest BCUT2D eigenvalue weighted by atomic mass is 35.5. The van der Waals surface area contributed by atoms with Crippen LogP contribution in [0.5, 0.6) is 5.75 Å². The molecule has 0 bridgehead atoms. The van der Waals surface area contributed by atoms with Gasteiger partial charge in [0.15, 0.2) is 0 Å². The lowest BCUT2D eigenvalue weighted by Crippen LogP contribution is -2.20. The molecule has 0 fully saturated rings. The van der Waals surface area contributed by atoms with E-state index in [-0.39, 0.29) is 0 Å². The molecule has 0 aromatic heterocycles. The van der Waals surface area contributed by atoms with Crippen molar-refractivity contribution in [2.45, 2.75) is 13.3 Å². The molecule has 4 heteroatoms. The molecule has 1 aromatic rings. The van der Waals surface area contributed by atoms with Crippen LogP contribution >= 0.6 is 23.2 Å². The first-order chi connectivity index (χ1) is 7.58. The highest BCUT2D eigenvalue weighted by Crippen LogP contribution is 2.32. The molecule has 1 rings (SSSR count). The molecule has 0 aliphatic carbocycles. The third-order valence-electron chi connectivity index (χ3n) is 2.59. The third-order valence-corrected chi connectivity index (χ3v) is 3.09. The van der Waals surface area contributed by atoms with E-state index in [1.807, 2.05) is 6.07 Å². The second-order valence-corrected chi connectivity index (χ2v) is 4.57. The molecule has 0 saturated heterocycles. The van der Waals surface area contributed by atoms with Crippen molar-refractivity contribution in [3.63, 3.8) is 0 Å². The van der Waals surface area contributed by atoms with Crippen molar-refractivity contribution >= 4 is 23.2 Å². The van der Waals surface area contributed by atoms with Gasteiger partial charge in [-0.25, -0.2) is 0 Å². The SMILES string of the molecule is CCN(C)CCc1cc(Cl)cc(Cl)c1OC. The maximum atomic E-state index is 6.06. The zero-order valence-corrected chi connectivity index (χ0v) is 11.4. The van der Waals surface area contributed by atoms with E-state index in [4.69, 9.17) is 27.9 Å². The Bertz CT molecular complexity index is 355. The Balaban J connectivity index is 2.85. The van der Waals surface area contributed by atoms with Gasteiger partial charge in [0.1, 0.15) is 5.75 Å². The molecule has 0 N–H and O–H groups in total. The summed E-state index contributed by atoms with van der Waals surface area (Å²) in [5.41, 5.74) is 1.06. The first-order valence-electron chi connectivity index (χ1n) is 5.29. The molecule has 16 heavy (non-hydrogen) atoms. The minimum atomic E-state index is 0.573. The number of methoxy groups -OCH3 is 1. The maximum absolute atomic E-state index is 6.06. The lowest BCUT2D eigenvalue weighted by atomic mass is 10.1. The molecule has 2 nitrogen and oxygen atoms in total. The predicted octanol–water partition coefficient (Wildman–Crippen LogP) is 3.50. The van der Waals surface area contributed by atoms with Crippen LogP contribution in [-0.2, 0) is 6.42 Å². The molecular formula is C12H17Cl2NO. The minimum Gasteiger partial charge on any atom is -0.495 e.